The van der Waals surface area contributed by atoms with Crippen LogP contribution in [0.2, 0.25) is 0 Å². The molecule has 16 atom stereocenters. The van der Waals surface area contributed by atoms with Gasteiger partial charge in [-0.3, -0.25) is 86.9 Å². The lowest BCUT2D eigenvalue weighted by Crippen LogP contribution is -2.62. The van der Waals surface area contributed by atoms with Gasteiger partial charge in [0.05, 0.1) is 51.9 Å². The number of benzene rings is 4. The summed E-state index contributed by atoms with van der Waals surface area (Å²) in [5, 5.41) is 104. The van der Waals surface area contributed by atoms with Crippen LogP contribution >= 0.6 is 12.6 Å². The van der Waals surface area contributed by atoms with Crippen molar-refractivity contribution in [3.05, 3.63) is 162 Å². The van der Waals surface area contributed by atoms with E-state index in [0.717, 1.165) is 4.90 Å². The Morgan fingerprint density at radius 1 is 0.419 bits per heavy atom. The van der Waals surface area contributed by atoms with Crippen LogP contribution in [0.5, 0.6) is 0 Å². The molecule has 1 aliphatic rings. The van der Waals surface area contributed by atoms with Crippen LogP contribution in [0.3, 0.4) is 0 Å². The first-order valence-electron chi connectivity index (χ1n) is 48.3. The van der Waals surface area contributed by atoms with Crippen LogP contribution in [0.25, 0.3) is 32.7 Å². The lowest BCUT2D eigenvalue weighted by atomic mass is 10.0. The van der Waals surface area contributed by atoms with Crippen molar-refractivity contribution in [2.45, 2.75) is 207 Å². The molecule has 0 spiro atoms. The van der Waals surface area contributed by atoms with Gasteiger partial charge in [-0.05, 0) is 125 Å². The summed E-state index contributed by atoms with van der Waals surface area (Å²) in [5.41, 5.74) is 27.2. The highest BCUT2D eigenvalue weighted by Crippen LogP contribution is 2.26. The number of nitrogens with two attached hydrogens (primary N) is 4. The van der Waals surface area contributed by atoms with Crippen LogP contribution < -0.4 is 113 Å². The highest BCUT2D eigenvalue weighted by molar-refractivity contribution is 7.80. The number of H-pyrrole nitrogens is 4. The Morgan fingerprint density at radius 3 is 1.28 bits per heavy atom. The number of aliphatic carboxylic acids is 1. The number of rotatable bonds is 61. The van der Waals surface area contributed by atoms with Gasteiger partial charge in [-0.2, -0.15) is 12.6 Å². The number of fused-ring (bicyclic) bond motifs is 3. The Bertz CT molecular complexity index is 5910. The maximum Gasteiger partial charge on any atom is 0.327 e. The van der Waals surface area contributed by atoms with Gasteiger partial charge < -0.3 is 164 Å². The molecule has 1 saturated heterocycles. The van der Waals surface area contributed by atoms with E-state index in [0.29, 0.717) is 87.2 Å². The fourth-order valence-corrected chi connectivity index (χ4v) is 16.6. The van der Waals surface area contributed by atoms with Gasteiger partial charge in [-0.15, -0.1) is 0 Å². The van der Waals surface area contributed by atoms with Crippen molar-refractivity contribution in [1.82, 2.24) is 120 Å². The molecule has 4 aromatic carbocycles. The molecule has 0 unspecified atom stereocenters. The zero-order valence-electron chi connectivity index (χ0n) is 81.6. The third-order valence-corrected chi connectivity index (χ3v) is 24.9. The number of likely N-dealkylation sites (tertiary alicyclic amines) is 1. The lowest BCUT2D eigenvalue weighted by molar-refractivity contribution is -0.143. The van der Waals surface area contributed by atoms with E-state index in [9.17, 15) is 102 Å². The Morgan fingerprint density at radius 2 is 0.811 bits per heavy atom. The number of hydrogen-bond acceptors (Lipinski definition) is 28. The molecule has 4 aromatic heterocycles. The van der Waals surface area contributed by atoms with Gasteiger partial charge in [0.15, 0.2) is 5.96 Å². The number of guanidine groups is 1. The van der Waals surface area contributed by atoms with E-state index < -0.39 is 249 Å². The molecule has 8 aromatic rings. The van der Waals surface area contributed by atoms with E-state index in [-0.39, 0.29) is 101 Å². The number of carbonyl (C=O) groups excluding carboxylic acids is 17. The summed E-state index contributed by atoms with van der Waals surface area (Å²) in [6, 6.07) is 4.71. The minimum absolute atomic E-state index is 0.00648. The molecule has 5 heterocycles. The molecular weight excluding hydrogens is 1950 g/mol. The number of amides is 17. The first kappa shape index (κ1) is 116. The van der Waals surface area contributed by atoms with Crippen molar-refractivity contribution >= 4 is 158 Å². The van der Waals surface area contributed by atoms with Gasteiger partial charge in [0, 0.05) is 114 Å². The third kappa shape index (κ3) is 34.9. The van der Waals surface area contributed by atoms with Crippen molar-refractivity contribution in [3.8, 4) is 0 Å². The van der Waals surface area contributed by atoms with E-state index in [2.05, 4.69) is 128 Å². The van der Waals surface area contributed by atoms with Gasteiger partial charge >= 0.3 is 5.97 Å². The molecule has 0 bridgehead atoms. The van der Waals surface area contributed by atoms with Crippen LogP contribution in [-0.4, -0.2) is 336 Å². The molecule has 51 nitrogen and oxygen atoms in total. The maximum absolute atomic E-state index is 15.1. The molecule has 0 radical (unpaired) electrons. The number of hydrogen-bond donors (Lipinski definition) is 32. The van der Waals surface area contributed by atoms with Crippen molar-refractivity contribution in [2.75, 3.05) is 71.4 Å². The van der Waals surface area contributed by atoms with E-state index in [4.69, 9.17) is 28.3 Å². The molecule has 800 valence electrons. The number of nitrogens with one attached hydrogen (secondary N) is 22. The van der Waals surface area contributed by atoms with E-state index in [1.165, 1.54) is 26.4 Å². The van der Waals surface area contributed by atoms with Crippen LogP contribution in [0.1, 0.15) is 106 Å². The largest absolute Gasteiger partial charge is 0.480 e. The number of aromatic amines is 4. The molecule has 0 saturated carbocycles. The quantitative estimate of drug-likeness (QED) is 0.00729. The van der Waals surface area contributed by atoms with Gasteiger partial charge in [0.2, 0.25) is 100 Å². The minimum atomic E-state index is -1.91. The average molecular weight is 2080 g/mol. The molecule has 9 rings (SSSR count). The van der Waals surface area contributed by atoms with E-state index in [1.807, 2.05) is 0 Å². The molecule has 0 aliphatic carbocycles. The first-order chi connectivity index (χ1) is 71.0. The van der Waals surface area contributed by atoms with Crippen molar-refractivity contribution in [1.29, 1.82) is 5.41 Å². The Labute approximate surface area is 854 Å². The lowest BCUT2D eigenvalue weighted by Gasteiger charge is -2.30. The number of carboxylic acid groups (broad SMARTS) is 1. The summed E-state index contributed by atoms with van der Waals surface area (Å²) in [6.45, 7) is -2.82. The predicted octanol–water partition coefficient (Wildman–Crippen LogP) is -7.75. The number of carboxylic acids is 1. The number of carbonyl (C=O) groups is 18. The Hall–Kier alpha value is -15.5. The summed E-state index contributed by atoms with van der Waals surface area (Å²) in [7, 11) is 0. The normalized spacial score (nSPS) is 15.3. The number of imidazole rings is 1. The number of aliphatic hydroxyl groups excluding tert-OH is 4. The molecule has 1 aliphatic heterocycles. The number of unbranched alkanes of at least 4 members (excludes halogenated alkanes) is 2. The van der Waals surface area contributed by atoms with Crippen molar-refractivity contribution < 1.29 is 112 Å². The molecule has 1 fully saturated rings. The summed E-state index contributed by atoms with van der Waals surface area (Å²) >= 11 is 3.90. The van der Waals surface area contributed by atoms with Crippen LogP contribution in [0.15, 0.2) is 134 Å². The second kappa shape index (κ2) is 58.6. The number of thiol groups is 1. The summed E-state index contributed by atoms with van der Waals surface area (Å²) < 4.78 is 0. The van der Waals surface area contributed by atoms with Crippen LogP contribution in [-0.2, 0) is 118 Å². The molecule has 52 heteroatoms. The first-order valence-corrected chi connectivity index (χ1v) is 48.9. The minimum Gasteiger partial charge on any atom is -0.480 e. The number of aromatic nitrogens is 5. The molecule has 35 N–H and O–H groups in total. The smallest absolute Gasteiger partial charge is 0.327 e. The van der Waals surface area contributed by atoms with Gasteiger partial charge in [-0.1, -0.05) is 91.3 Å². The molecule has 17 amide bonds. The topological polar surface area (TPSA) is 820 Å². The Kier molecular flexibility index (Phi) is 46.0. The second-order valence-electron chi connectivity index (χ2n) is 35.5. The average Bonchev–Trinajstić information content (AvgIpc) is 1.67. The number of aliphatic hydroxyl groups is 4. The fraction of sp³-hybridized carbons (Fsp3) is 0.458. The fourth-order valence-electron chi connectivity index (χ4n) is 16.3. The van der Waals surface area contributed by atoms with E-state index >= 15 is 9.59 Å². The van der Waals surface area contributed by atoms with Crippen LogP contribution in [0.4, 0.5) is 0 Å². The monoisotopic (exact) mass is 2080 g/mol. The SMILES string of the molecule is C[C@H](NC(=O)[C@H](C)NC(=O)[C@H](CCCCN)NC(=O)[C@H](Cc1ccccc1)NC(=O)[C@H](CCCNC(=N)N)NC(=O)[C@@H](N)CCCCN)C(=O)NCC(=O)NCC(=O)N[C@@H](Cc1c[nH]c2ccccc12)C(=O)N[C@@H](CO)C(=O)N[C@@H](Cc1cnc[nH]1)C(=O)N[C@@H](Cc1c[nH]c2ccccc12)C(=O)N[C@@H](CO)C(=O)N1CCC[C@H]1C(=O)N[C@@H](Cc1c[nH]c2ccccc12)C(=O)N[C@@H](CO)C(=O)N[C@@H](CO)C(=O)N[C@@H](CS)C(=O)O. The van der Waals surface area contributed by atoms with E-state index in [1.54, 1.807) is 122 Å². The Balaban J connectivity index is 0.831. The van der Waals surface area contributed by atoms with Crippen LogP contribution in [0, 0.1) is 5.41 Å². The van der Waals surface area contributed by atoms with Gasteiger partial charge in [0.1, 0.15) is 90.6 Å². The number of para-hydroxylation sites is 3. The molecular formula is C96H132N28O23S. The number of nitrogens with zero attached hydrogens (tertiary/aromatic N) is 2. The highest BCUT2D eigenvalue weighted by atomic mass is 32.1. The summed E-state index contributed by atoms with van der Waals surface area (Å²) in [6.07, 6.45) is 8.39. The van der Waals surface area contributed by atoms with Crippen molar-refractivity contribution in [3.63, 3.8) is 0 Å². The van der Waals surface area contributed by atoms with Crippen molar-refractivity contribution in [2.24, 2.45) is 22.9 Å². The maximum atomic E-state index is 15.1. The van der Waals surface area contributed by atoms with Gasteiger partial charge in [0.25, 0.3) is 0 Å². The molecule has 148 heavy (non-hydrogen) atoms. The van der Waals surface area contributed by atoms with Gasteiger partial charge in [-0.25, -0.2) is 9.78 Å². The summed E-state index contributed by atoms with van der Waals surface area (Å²) in [5.74, 6) is -18.7. The zero-order valence-corrected chi connectivity index (χ0v) is 82.5. The predicted molar refractivity (Wildman–Crippen MR) is 540 cm³/mol. The third-order valence-electron chi connectivity index (χ3n) is 24.5. The standard InChI is InChI=1S/C96H132N28O23S/c1-51(110-81(132)52(2)111-83(134)65(27-13-15-31-98)114-85(136)67(34-53-18-4-3-5-19-53)115-84(135)66(28-16-32-103-96(100)101)113-82(133)61(99)23-12-14-30-97)80(131)108-43-78(129)107-44-79(130)112-68(35-54-39-104-62-24-9-6-20-58(54)62)86(137)119-72(45-125)90(141)117-71(38-57-42-102-50-109-57)89(140)116-69(36-55-40-105-63-25-10-7-21-59(55)63)88(139)122-75(48-128)94(145)124-33-17-29-77(124)93(144)118-70(37-56-41-106-64-26-11-8-22-60(56)64)87(138)120-73(46-126)91(142)121-74(47-127)92(143)123-76(49-148)95(146)147/h3-11,18-22,24-26,39-42,50-52,61,65-77,104-106,125-128,148H,12-17,23,27-38,43-49,97-99H2,1-2H3,(H,102,109)(H,107,129)(H,108,131)(H,110,132)(H,111,134)(H,112,130)(H,113,133)(H,114,136)(H,115,135)(H,116,140)(H,117,141)(H,118,144)(H,119,137)(H,120,138)(H,121,142)(H,122,139)(H,123,143)(H,146,147)(H4,100,101,103)/t51-,52-,61-,65-,66-,67-,68-,69-,70-,71-,72-,73-,74-,75-,76-,77-/m0/s1. The zero-order chi connectivity index (χ0) is 108. The highest BCUT2D eigenvalue weighted by Gasteiger charge is 2.43. The second-order valence-corrected chi connectivity index (χ2v) is 35.9. The summed E-state index contributed by atoms with van der Waals surface area (Å²) in [4.78, 5) is 270.